The fourth-order valence-electron chi connectivity index (χ4n) is 2.76. The van der Waals surface area contributed by atoms with Crippen LogP contribution in [0.4, 0.5) is 11.4 Å². The summed E-state index contributed by atoms with van der Waals surface area (Å²) in [5.74, 6) is -0.942. The molecule has 0 aromatic heterocycles. The molecular weight excluding hydrogens is 406 g/mol. The van der Waals surface area contributed by atoms with E-state index in [-0.39, 0.29) is 27.7 Å². The van der Waals surface area contributed by atoms with Gasteiger partial charge in [0.1, 0.15) is 5.02 Å². The van der Waals surface area contributed by atoms with Gasteiger partial charge in [0, 0.05) is 18.2 Å². The number of aryl methyl sites for hydroxylation is 1. The largest absolute Gasteiger partial charge is 0.348 e. The van der Waals surface area contributed by atoms with E-state index in [0.29, 0.717) is 12.2 Å². The van der Waals surface area contributed by atoms with Crippen molar-refractivity contribution in [3.63, 3.8) is 0 Å². The van der Waals surface area contributed by atoms with E-state index in [1.807, 2.05) is 31.2 Å². The Labute approximate surface area is 177 Å². The van der Waals surface area contributed by atoms with Gasteiger partial charge in [-0.25, -0.2) is 0 Å². The number of rotatable bonds is 6. The van der Waals surface area contributed by atoms with Crippen molar-refractivity contribution in [3.05, 3.63) is 104 Å². The van der Waals surface area contributed by atoms with Crippen LogP contribution in [-0.4, -0.2) is 16.7 Å². The Hall–Kier alpha value is -3.71. The van der Waals surface area contributed by atoms with Crippen molar-refractivity contribution in [2.45, 2.75) is 13.5 Å². The number of nitrogens with one attached hydrogen (secondary N) is 2. The minimum absolute atomic E-state index is 0.0565. The van der Waals surface area contributed by atoms with Crippen molar-refractivity contribution in [2.24, 2.45) is 0 Å². The maximum Gasteiger partial charge on any atom is 0.288 e. The van der Waals surface area contributed by atoms with Gasteiger partial charge in [0.25, 0.3) is 17.5 Å². The summed E-state index contributed by atoms with van der Waals surface area (Å²) in [6.45, 7) is 2.32. The SMILES string of the molecule is Cc1ccc(CNC(=O)c2ccccc2NC(=O)c2ccc(Cl)c([N+](=O)[O-])c2)cc1. The van der Waals surface area contributed by atoms with E-state index in [1.54, 1.807) is 24.3 Å². The number of hydrogen-bond acceptors (Lipinski definition) is 4. The van der Waals surface area contributed by atoms with Gasteiger partial charge in [-0.2, -0.15) is 0 Å². The topological polar surface area (TPSA) is 101 Å². The number of nitro groups is 1. The predicted octanol–water partition coefficient (Wildman–Crippen LogP) is 4.74. The lowest BCUT2D eigenvalue weighted by Gasteiger charge is -2.12. The van der Waals surface area contributed by atoms with Gasteiger partial charge < -0.3 is 10.6 Å². The number of para-hydroxylation sites is 1. The molecule has 0 saturated heterocycles. The third-order valence-electron chi connectivity index (χ3n) is 4.40. The summed E-state index contributed by atoms with van der Waals surface area (Å²) in [6, 6.07) is 18.1. The Morgan fingerprint density at radius 3 is 2.40 bits per heavy atom. The molecule has 8 heteroatoms. The minimum Gasteiger partial charge on any atom is -0.348 e. The first-order chi connectivity index (χ1) is 14.3. The fraction of sp³-hybridized carbons (Fsp3) is 0.0909. The molecule has 0 unspecified atom stereocenters. The van der Waals surface area contributed by atoms with Crippen LogP contribution in [-0.2, 0) is 6.54 Å². The lowest BCUT2D eigenvalue weighted by molar-refractivity contribution is -0.384. The number of benzene rings is 3. The normalized spacial score (nSPS) is 10.3. The second kappa shape index (κ2) is 9.19. The predicted molar refractivity (Wildman–Crippen MR) is 115 cm³/mol. The number of amides is 2. The van der Waals surface area contributed by atoms with Gasteiger partial charge in [-0.1, -0.05) is 53.6 Å². The fourth-order valence-corrected chi connectivity index (χ4v) is 2.95. The van der Waals surface area contributed by atoms with Gasteiger partial charge in [0.15, 0.2) is 0 Å². The third-order valence-corrected chi connectivity index (χ3v) is 4.72. The van der Waals surface area contributed by atoms with Crippen molar-refractivity contribution in [3.8, 4) is 0 Å². The Morgan fingerprint density at radius 2 is 1.70 bits per heavy atom. The van der Waals surface area contributed by atoms with E-state index in [2.05, 4.69) is 10.6 Å². The molecule has 0 aliphatic heterocycles. The lowest BCUT2D eigenvalue weighted by atomic mass is 10.1. The molecule has 0 aliphatic rings. The van der Waals surface area contributed by atoms with Crippen molar-refractivity contribution >= 4 is 34.8 Å². The van der Waals surface area contributed by atoms with Crippen LogP contribution in [0.3, 0.4) is 0 Å². The highest BCUT2D eigenvalue weighted by Gasteiger charge is 2.18. The molecule has 3 aromatic rings. The zero-order valence-corrected chi connectivity index (χ0v) is 16.8. The zero-order valence-electron chi connectivity index (χ0n) is 16.0. The maximum absolute atomic E-state index is 12.6. The van der Waals surface area contributed by atoms with E-state index < -0.39 is 10.8 Å². The molecule has 0 fully saturated rings. The van der Waals surface area contributed by atoms with Crippen molar-refractivity contribution in [1.82, 2.24) is 5.32 Å². The highest BCUT2D eigenvalue weighted by atomic mass is 35.5. The Kier molecular flexibility index (Phi) is 6.44. The lowest BCUT2D eigenvalue weighted by Crippen LogP contribution is -2.24. The third kappa shape index (κ3) is 5.01. The van der Waals surface area contributed by atoms with Gasteiger partial charge in [-0.3, -0.25) is 19.7 Å². The van der Waals surface area contributed by atoms with Gasteiger partial charge in [0.05, 0.1) is 16.2 Å². The average Bonchev–Trinajstić information content (AvgIpc) is 2.73. The Balaban J connectivity index is 1.75. The van der Waals surface area contributed by atoms with Gasteiger partial charge in [-0.15, -0.1) is 0 Å². The van der Waals surface area contributed by atoms with E-state index >= 15 is 0 Å². The van der Waals surface area contributed by atoms with Crippen LogP contribution in [0.15, 0.2) is 66.7 Å². The second-order valence-corrected chi connectivity index (χ2v) is 7.00. The zero-order chi connectivity index (χ0) is 21.7. The second-order valence-electron chi connectivity index (χ2n) is 6.59. The van der Waals surface area contributed by atoms with Crippen molar-refractivity contribution in [1.29, 1.82) is 0 Å². The van der Waals surface area contributed by atoms with E-state index in [1.165, 1.54) is 12.1 Å². The molecule has 2 N–H and O–H groups in total. The molecule has 0 atom stereocenters. The van der Waals surface area contributed by atoms with Crippen LogP contribution in [0, 0.1) is 17.0 Å². The van der Waals surface area contributed by atoms with Crippen LogP contribution in [0.5, 0.6) is 0 Å². The molecule has 0 saturated carbocycles. The molecule has 0 radical (unpaired) electrons. The molecule has 152 valence electrons. The number of carbonyl (C=O) groups is 2. The van der Waals surface area contributed by atoms with Crippen LogP contribution in [0.25, 0.3) is 0 Å². The first-order valence-electron chi connectivity index (χ1n) is 9.03. The summed E-state index contributed by atoms with van der Waals surface area (Å²) in [5.41, 5.74) is 2.34. The van der Waals surface area contributed by atoms with Crippen LogP contribution >= 0.6 is 11.6 Å². The minimum atomic E-state index is -0.661. The highest BCUT2D eigenvalue weighted by Crippen LogP contribution is 2.26. The summed E-state index contributed by atoms with van der Waals surface area (Å²) in [6.07, 6.45) is 0. The highest BCUT2D eigenvalue weighted by molar-refractivity contribution is 6.32. The molecule has 7 nitrogen and oxygen atoms in total. The maximum atomic E-state index is 12.6. The van der Waals surface area contributed by atoms with Gasteiger partial charge >= 0.3 is 0 Å². The summed E-state index contributed by atoms with van der Waals surface area (Å²) in [7, 11) is 0. The van der Waals surface area contributed by atoms with Crippen LogP contribution < -0.4 is 10.6 Å². The summed E-state index contributed by atoms with van der Waals surface area (Å²) in [5, 5.41) is 16.4. The molecular formula is C22H18ClN3O4. The van der Waals surface area contributed by atoms with E-state index in [4.69, 9.17) is 11.6 Å². The summed E-state index contributed by atoms with van der Waals surface area (Å²) < 4.78 is 0. The molecule has 30 heavy (non-hydrogen) atoms. The summed E-state index contributed by atoms with van der Waals surface area (Å²) in [4.78, 5) is 35.6. The first-order valence-corrected chi connectivity index (χ1v) is 9.41. The Bertz CT molecular complexity index is 1110. The first kappa shape index (κ1) is 21.0. The van der Waals surface area contributed by atoms with E-state index in [9.17, 15) is 19.7 Å². The number of anilines is 1. The molecule has 0 bridgehead atoms. The smallest absolute Gasteiger partial charge is 0.288 e. The van der Waals surface area contributed by atoms with Crippen molar-refractivity contribution in [2.75, 3.05) is 5.32 Å². The molecule has 0 spiro atoms. The van der Waals surface area contributed by atoms with Crippen molar-refractivity contribution < 1.29 is 14.5 Å². The quantitative estimate of drug-likeness (QED) is 0.441. The molecule has 3 aromatic carbocycles. The van der Waals surface area contributed by atoms with Gasteiger partial charge in [-0.05, 0) is 36.8 Å². The number of nitrogens with zero attached hydrogens (tertiary/aromatic N) is 1. The average molecular weight is 424 g/mol. The van der Waals surface area contributed by atoms with Crippen LogP contribution in [0.1, 0.15) is 31.8 Å². The number of carbonyl (C=O) groups excluding carboxylic acids is 2. The number of nitro benzene ring substituents is 1. The molecule has 0 heterocycles. The number of halogens is 1. The van der Waals surface area contributed by atoms with Crippen LogP contribution in [0.2, 0.25) is 5.02 Å². The van der Waals surface area contributed by atoms with Gasteiger partial charge in [0.2, 0.25) is 0 Å². The van der Waals surface area contributed by atoms with E-state index in [0.717, 1.165) is 17.2 Å². The molecule has 2 amide bonds. The Morgan fingerprint density at radius 1 is 1.00 bits per heavy atom. The molecule has 3 rings (SSSR count). The monoisotopic (exact) mass is 423 g/mol. The molecule has 0 aliphatic carbocycles. The standard InChI is InChI=1S/C22H18ClN3O4/c1-14-6-8-15(9-7-14)13-24-22(28)17-4-2-3-5-19(17)25-21(27)16-10-11-18(23)20(12-16)26(29)30/h2-12H,13H2,1H3,(H,24,28)(H,25,27). The summed E-state index contributed by atoms with van der Waals surface area (Å²) >= 11 is 5.79. The number of hydrogen-bond donors (Lipinski definition) is 2.